The standard InChI is InChI=1S/C23H24N3O2Se/c1-25-21-11-10-20(28-17-27)16-22(21)29-23(25)5-3-2-4-18-6-8-19(9-7-18)26-14-12-24-13-15-26/h2-11,16-17,24H,12-15H2,1H3/q+1. The first kappa shape index (κ1) is 19.6. The summed E-state index contributed by atoms with van der Waals surface area (Å²) in [6.07, 6.45) is 8.46. The Morgan fingerprint density at radius 1 is 1.07 bits per heavy atom. The first-order valence-electron chi connectivity index (χ1n) is 9.68. The first-order valence-corrected chi connectivity index (χ1v) is 11.4. The molecule has 0 amide bonds. The number of carbonyl (C=O) groups is 1. The van der Waals surface area contributed by atoms with Crippen LogP contribution in [0.25, 0.3) is 21.9 Å². The Morgan fingerprint density at radius 2 is 1.83 bits per heavy atom. The molecule has 1 aliphatic heterocycles. The van der Waals surface area contributed by atoms with Crippen molar-refractivity contribution in [3.05, 3.63) is 64.7 Å². The number of fused-ring (bicyclic) bond motifs is 1. The van der Waals surface area contributed by atoms with Crippen LogP contribution in [0, 0.1) is 0 Å². The number of carbonyl (C=O) groups excluding carboxylic acids is 1. The van der Waals surface area contributed by atoms with E-state index in [4.69, 9.17) is 4.74 Å². The Labute approximate surface area is 176 Å². The van der Waals surface area contributed by atoms with Gasteiger partial charge in [0.15, 0.2) is 0 Å². The predicted molar refractivity (Wildman–Crippen MR) is 118 cm³/mol. The Hall–Kier alpha value is -2.66. The van der Waals surface area contributed by atoms with Crippen molar-refractivity contribution in [2.45, 2.75) is 0 Å². The summed E-state index contributed by atoms with van der Waals surface area (Å²) in [6, 6.07) is 14.5. The first-order chi connectivity index (χ1) is 14.2. The average Bonchev–Trinajstić information content (AvgIpc) is 3.07. The van der Waals surface area contributed by atoms with Crippen LogP contribution in [-0.2, 0) is 11.8 Å². The third kappa shape index (κ3) is 4.67. The van der Waals surface area contributed by atoms with Gasteiger partial charge in [0.2, 0.25) is 0 Å². The van der Waals surface area contributed by atoms with Gasteiger partial charge in [-0.1, -0.05) is 0 Å². The van der Waals surface area contributed by atoms with Gasteiger partial charge in [-0.05, 0) is 0 Å². The van der Waals surface area contributed by atoms with E-state index in [0.717, 1.165) is 26.2 Å². The van der Waals surface area contributed by atoms with Gasteiger partial charge in [0.1, 0.15) is 0 Å². The van der Waals surface area contributed by atoms with Crippen LogP contribution in [-0.4, -0.2) is 47.2 Å². The molecule has 0 radical (unpaired) electrons. The minimum atomic E-state index is 0.196. The van der Waals surface area contributed by atoms with Crippen molar-refractivity contribution in [2.24, 2.45) is 7.05 Å². The topological polar surface area (TPSA) is 45.5 Å². The van der Waals surface area contributed by atoms with Gasteiger partial charge in [-0.3, -0.25) is 0 Å². The van der Waals surface area contributed by atoms with Crippen LogP contribution in [0.1, 0.15) is 10.1 Å². The number of benzene rings is 2. The Balaban J connectivity index is 1.43. The number of aryl methyl sites for hydroxylation is 1. The number of nitrogens with one attached hydrogen (secondary N) is 1. The molecule has 0 spiro atoms. The van der Waals surface area contributed by atoms with E-state index in [1.807, 2.05) is 18.2 Å². The molecule has 1 aliphatic rings. The van der Waals surface area contributed by atoms with E-state index in [1.54, 1.807) is 0 Å². The fourth-order valence-corrected chi connectivity index (χ4v) is 5.74. The Kier molecular flexibility index (Phi) is 6.25. The van der Waals surface area contributed by atoms with Crippen LogP contribution < -0.4 is 19.5 Å². The van der Waals surface area contributed by atoms with Gasteiger partial charge in [0.25, 0.3) is 0 Å². The van der Waals surface area contributed by atoms with E-state index in [2.05, 4.69) is 70.4 Å². The molecule has 3 aromatic rings. The molecule has 1 saturated heterocycles. The van der Waals surface area contributed by atoms with Crippen LogP contribution in [0.15, 0.2) is 54.6 Å². The number of hydrogen-bond donors (Lipinski definition) is 1. The second kappa shape index (κ2) is 9.22. The van der Waals surface area contributed by atoms with E-state index < -0.39 is 0 Å². The van der Waals surface area contributed by atoms with Crippen molar-refractivity contribution in [1.82, 2.24) is 5.32 Å². The van der Waals surface area contributed by atoms with Gasteiger partial charge >= 0.3 is 171 Å². The minimum absolute atomic E-state index is 0.196. The normalized spacial score (nSPS) is 14.9. The maximum atomic E-state index is 10.5. The second-order valence-electron chi connectivity index (χ2n) is 6.89. The molecule has 0 aliphatic carbocycles. The van der Waals surface area contributed by atoms with Crippen molar-refractivity contribution in [2.75, 3.05) is 31.1 Å². The molecular weight excluding hydrogens is 429 g/mol. The zero-order valence-electron chi connectivity index (χ0n) is 16.4. The Bertz CT molecular complexity index is 1050. The fraction of sp³-hybridized carbons (Fsp3) is 0.217. The summed E-state index contributed by atoms with van der Waals surface area (Å²) in [7, 11) is 2.08. The van der Waals surface area contributed by atoms with Crippen molar-refractivity contribution in [3.63, 3.8) is 0 Å². The SMILES string of the molecule is C[n+]1c(/C=C/C=C/c2ccc(N3CCNCC3)cc2)[se]c2cc(OC=O)ccc21. The second-order valence-corrected chi connectivity index (χ2v) is 9.12. The average molecular weight is 453 g/mol. The third-order valence-electron chi connectivity index (χ3n) is 5.04. The van der Waals surface area contributed by atoms with Crippen molar-refractivity contribution in [1.29, 1.82) is 0 Å². The van der Waals surface area contributed by atoms with E-state index in [9.17, 15) is 4.79 Å². The van der Waals surface area contributed by atoms with Crippen LogP contribution in [0.3, 0.4) is 0 Å². The molecule has 0 unspecified atom stereocenters. The van der Waals surface area contributed by atoms with Gasteiger partial charge < -0.3 is 5.32 Å². The number of aromatic nitrogens is 1. The number of rotatable bonds is 6. The molecule has 1 aromatic heterocycles. The quantitative estimate of drug-likeness (QED) is 0.270. The molecule has 2 heterocycles. The van der Waals surface area contributed by atoms with Crippen LogP contribution >= 0.6 is 0 Å². The summed E-state index contributed by atoms with van der Waals surface area (Å²) >= 11 is 0.196. The zero-order valence-corrected chi connectivity index (χ0v) is 18.1. The molecule has 1 N–H and O–H groups in total. The third-order valence-corrected chi connectivity index (χ3v) is 7.48. The summed E-state index contributed by atoms with van der Waals surface area (Å²) < 4.78 is 9.66. The summed E-state index contributed by atoms with van der Waals surface area (Å²) in [5.41, 5.74) is 3.67. The molecule has 0 atom stereocenters. The zero-order chi connectivity index (χ0) is 20.1. The summed E-state index contributed by atoms with van der Waals surface area (Å²) in [5.74, 6) is 0.600. The number of nitrogens with zero attached hydrogens (tertiary/aromatic N) is 2. The van der Waals surface area contributed by atoms with Gasteiger partial charge in [-0.15, -0.1) is 0 Å². The number of ether oxygens (including phenoxy) is 1. The Morgan fingerprint density at radius 3 is 2.59 bits per heavy atom. The van der Waals surface area contributed by atoms with Crippen LogP contribution in [0.5, 0.6) is 5.75 Å². The van der Waals surface area contributed by atoms with E-state index >= 15 is 0 Å². The summed E-state index contributed by atoms with van der Waals surface area (Å²) in [4.78, 5) is 13.0. The van der Waals surface area contributed by atoms with Crippen LogP contribution in [0.4, 0.5) is 5.69 Å². The molecule has 4 rings (SSSR count). The monoisotopic (exact) mass is 454 g/mol. The van der Waals surface area contributed by atoms with Crippen molar-refractivity contribution < 1.29 is 14.1 Å². The van der Waals surface area contributed by atoms with E-state index in [0.29, 0.717) is 12.2 Å². The number of allylic oxidation sites excluding steroid dienone is 2. The van der Waals surface area contributed by atoms with Gasteiger partial charge in [0, 0.05) is 0 Å². The molecule has 6 heteroatoms. The van der Waals surface area contributed by atoms with Crippen molar-refractivity contribution in [3.8, 4) is 5.75 Å². The molecule has 0 bridgehead atoms. The van der Waals surface area contributed by atoms with Crippen molar-refractivity contribution >= 4 is 48.6 Å². The fourth-order valence-electron chi connectivity index (χ4n) is 3.45. The van der Waals surface area contributed by atoms with E-state index in [-0.39, 0.29) is 14.5 Å². The van der Waals surface area contributed by atoms with Crippen LogP contribution in [0.2, 0.25) is 0 Å². The number of hydrogen-bond acceptors (Lipinski definition) is 4. The van der Waals surface area contributed by atoms with Gasteiger partial charge in [-0.25, -0.2) is 0 Å². The molecule has 29 heavy (non-hydrogen) atoms. The summed E-state index contributed by atoms with van der Waals surface area (Å²) in [5, 5.41) is 3.39. The molecule has 2 aromatic carbocycles. The van der Waals surface area contributed by atoms with Gasteiger partial charge in [-0.2, -0.15) is 0 Å². The molecule has 1 fully saturated rings. The summed E-state index contributed by atoms with van der Waals surface area (Å²) in [6.45, 7) is 4.71. The molecular formula is C23H24N3O2Se+. The van der Waals surface area contributed by atoms with Gasteiger partial charge in [0.05, 0.1) is 0 Å². The van der Waals surface area contributed by atoms with E-state index in [1.165, 1.54) is 25.6 Å². The molecule has 148 valence electrons. The molecule has 0 saturated carbocycles. The predicted octanol–water partition coefficient (Wildman–Crippen LogP) is 2.39. The number of anilines is 1. The maximum absolute atomic E-state index is 10.5. The molecule has 5 nitrogen and oxygen atoms in total. The number of piperazine rings is 1.